The zero-order chi connectivity index (χ0) is 23.4. The highest BCUT2D eigenvalue weighted by Gasteiger charge is 2.23. The summed E-state index contributed by atoms with van der Waals surface area (Å²) in [6.45, 7) is 7.86. The molecule has 32 heavy (non-hydrogen) atoms. The number of H-pyrrole nitrogens is 1. The predicted octanol–water partition coefficient (Wildman–Crippen LogP) is 2.03. The van der Waals surface area contributed by atoms with Crippen molar-refractivity contribution >= 4 is 29.2 Å². The molecule has 168 valence electrons. The third-order valence-electron chi connectivity index (χ3n) is 5.22. The van der Waals surface area contributed by atoms with Crippen LogP contribution in [0.25, 0.3) is 0 Å². The number of nitrogens with zero attached hydrogens (tertiary/aromatic N) is 4. The highest BCUT2D eigenvalue weighted by atomic mass is 32.2. The van der Waals surface area contributed by atoms with Gasteiger partial charge in [0.25, 0.3) is 5.56 Å². The van der Waals surface area contributed by atoms with E-state index in [-0.39, 0.29) is 36.3 Å². The first-order chi connectivity index (χ1) is 15.2. The number of aromatic nitrogens is 4. The van der Waals surface area contributed by atoms with E-state index in [4.69, 9.17) is 5.73 Å². The molecule has 0 radical (unpaired) electrons. The summed E-state index contributed by atoms with van der Waals surface area (Å²) in [5.41, 5.74) is 8.42. The van der Waals surface area contributed by atoms with E-state index in [1.807, 2.05) is 51.1 Å². The van der Waals surface area contributed by atoms with Gasteiger partial charge in [0.2, 0.25) is 5.91 Å². The number of nitrogen functional groups attached to an aromatic ring is 1. The van der Waals surface area contributed by atoms with Crippen LogP contribution in [0.3, 0.4) is 0 Å². The fraction of sp³-hybridized carbons (Fsp3) is 0.318. The van der Waals surface area contributed by atoms with Gasteiger partial charge in [0.1, 0.15) is 5.82 Å². The fourth-order valence-electron chi connectivity index (χ4n) is 3.23. The Morgan fingerprint density at radius 2 is 1.75 bits per heavy atom. The van der Waals surface area contributed by atoms with Crippen LogP contribution in [0.15, 0.2) is 45.1 Å². The summed E-state index contributed by atoms with van der Waals surface area (Å²) in [7, 11) is 0. The predicted molar refractivity (Wildman–Crippen MR) is 126 cm³/mol. The topological polar surface area (TPSA) is 127 Å². The number of hydrogen-bond donors (Lipinski definition) is 2. The zero-order valence-electron chi connectivity index (χ0n) is 18.5. The minimum Gasteiger partial charge on any atom is -0.383 e. The molecule has 0 unspecified atom stereocenters. The van der Waals surface area contributed by atoms with E-state index in [0.29, 0.717) is 5.16 Å². The maximum absolute atomic E-state index is 13.0. The van der Waals surface area contributed by atoms with Gasteiger partial charge in [-0.3, -0.25) is 19.1 Å². The normalized spacial score (nSPS) is 10.9. The number of nitrogens with two attached hydrogens (primary N) is 1. The van der Waals surface area contributed by atoms with Crippen molar-refractivity contribution in [2.75, 3.05) is 22.9 Å². The lowest BCUT2D eigenvalue weighted by molar-refractivity contribution is -0.116. The van der Waals surface area contributed by atoms with Crippen LogP contribution < -0.4 is 21.9 Å². The van der Waals surface area contributed by atoms with E-state index in [1.54, 1.807) is 6.92 Å². The first kappa shape index (κ1) is 23.3. The quantitative estimate of drug-likeness (QED) is 0.413. The van der Waals surface area contributed by atoms with Crippen LogP contribution >= 0.6 is 11.8 Å². The van der Waals surface area contributed by atoms with E-state index < -0.39 is 11.2 Å². The standard InChI is InChI=1S/C22H26N6O3S/c1-5-27(17(29)12-32-21-24-14(3)13(2)15(4)25-21)18-19(23)28(22(31)26-20(18)30)11-16-9-7-6-8-10-16/h6-10H,5,11-12,23H2,1-4H3,(H,26,30,31). The second-order valence-electron chi connectivity index (χ2n) is 7.29. The molecule has 3 aromatic rings. The number of aryl methyl sites for hydroxylation is 2. The summed E-state index contributed by atoms with van der Waals surface area (Å²) in [6, 6.07) is 9.25. The van der Waals surface area contributed by atoms with Crippen molar-refractivity contribution in [1.29, 1.82) is 0 Å². The number of amides is 1. The first-order valence-corrected chi connectivity index (χ1v) is 11.1. The molecule has 0 spiro atoms. The van der Waals surface area contributed by atoms with Crippen LogP contribution in [0.2, 0.25) is 0 Å². The SMILES string of the molecule is CCN(C(=O)CSc1nc(C)c(C)c(C)n1)c1c(N)n(Cc2ccccc2)c(=O)[nH]c1=O. The molecule has 9 nitrogen and oxygen atoms in total. The van der Waals surface area contributed by atoms with Crippen LogP contribution in [-0.4, -0.2) is 37.7 Å². The molecule has 1 aromatic carbocycles. The minimum atomic E-state index is -0.699. The molecule has 2 heterocycles. The molecule has 0 aliphatic heterocycles. The molecule has 0 aliphatic rings. The van der Waals surface area contributed by atoms with Gasteiger partial charge >= 0.3 is 5.69 Å². The highest BCUT2D eigenvalue weighted by molar-refractivity contribution is 7.99. The van der Waals surface area contributed by atoms with Gasteiger partial charge in [-0.1, -0.05) is 42.1 Å². The molecule has 0 saturated heterocycles. The van der Waals surface area contributed by atoms with Crippen molar-refractivity contribution in [2.45, 2.75) is 39.4 Å². The van der Waals surface area contributed by atoms with E-state index in [1.165, 1.54) is 21.2 Å². The number of hydrogen-bond acceptors (Lipinski definition) is 7. The Kier molecular flexibility index (Phi) is 7.14. The Balaban J connectivity index is 1.89. The lowest BCUT2D eigenvalue weighted by Crippen LogP contribution is -2.41. The second kappa shape index (κ2) is 9.82. The molecule has 0 atom stereocenters. The van der Waals surface area contributed by atoms with Crippen molar-refractivity contribution in [2.24, 2.45) is 0 Å². The van der Waals surface area contributed by atoms with Crippen molar-refractivity contribution in [3.05, 3.63) is 73.7 Å². The number of aromatic amines is 1. The van der Waals surface area contributed by atoms with Gasteiger partial charge in [-0.05, 0) is 38.8 Å². The van der Waals surface area contributed by atoms with E-state index in [2.05, 4.69) is 15.0 Å². The van der Waals surface area contributed by atoms with E-state index in [0.717, 1.165) is 22.5 Å². The molecule has 0 bridgehead atoms. The van der Waals surface area contributed by atoms with Crippen molar-refractivity contribution in [3.63, 3.8) is 0 Å². The van der Waals surface area contributed by atoms with Crippen molar-refractivity contribution < 1.29 is 4.79 Å². The van der Waals surface area contributed by atoms with Gasteiger partial charge in [0.05, 0.1) is 12.3 Å². The number of carbonyl (C=O) groups excluding carboxylic acids is 1. The van der Waals surface area contributed by atoms with Gasteiger partial charge in [-0.2, -0.15) is 0 Å². The number of anilines is 2. The molecule has 0 saturated carbocycles. The third kappa shape index (κ3) is 4.91. The highest BCUT2D eigenvalue weighted by Crippen LogP contribution is 2.21. The smallest absolute Gasteiger partial charge is 0.330 e. The van der Waals surface area contributed by atoms with Crippen LogP contribution in [-0.2, 0) is 11.3 Å². The molecule has 10 heteroatoms. The van der Waals surface area contributed by atoms with Gasteiger partial charge in [0, 0.05) is 17.9 Å². The minimum absolute atomic E-state index is 0.0203. The molecule has 0 fully saturated rings. The van der Waals surface area contributed by atoms with E-state index >= 15 is 0 Å². The second-order valence-corrected chi connectivity index (χ2v) is 8.24. The Morgan fingerprint density at radius 1 is 1.12 bits per heavy atom. The molecular formula is C22H26N6O3S. The lowest BCUT2D eigenvalue weighted by Gasteiger charge is -2.23. The molecule has 1 amide bonds. The largest absolute Gasteiger partial charge is 0.383 e. The first-order valence-electron chi connectivity index (χ1n) is 10.1. The van der Waals surface area contributed by atoms with E-state index in [9.17, 15) is 14.4 Å². The summed E-state index contributed by atoms with van der Waals surface area (Å²) in [4.78, 5) is 50.4. The average molecular weight is 455 g/mol. The maximum Gasteiger partial charge on any atom is 0.330 e. The monoisotopic (exact) mass is 454 g/mol. The van der Waals surface area contributed by atoms with Gasteiger partial charge in [-0.15, -0.1) is 0 Å². The molecule has 2 aromatic heterocycles. The molecule has 3 N–H and O–H groups in total. The third-order valence-corrected chi connectivity index (χ3v) is 6.05. The zero-order valence-corrected chi connectivity index (χ0v) is 19.3. The Hall–Kier alpha value is -3.40. The van der Waals surface area contributed by atoms with Gasteiger partial charge in [-0.25, -0.2) is 14.8 Å². The molecule has 3 rings (SSSR count). The summed E-state index contributed by atoms with van der Waals surface area (Å²) in [5, 5.41) is 0.492. The maximum atomic E-state index is 13.0. The van der Waals surface area contributed by atoms with Crippen LogP contribution in [0.1, 0.15) is 29.4 Å². The number of benzene rings is 1. The number of rotatable bonds is 7. The fourth-order valence-corrected chi connectivity index (χ4v) is 4.04. The van der Waals surface area contributed by atoms with Gasteiger partial charge < -0.3 is 10.6 Å². The number of thioether (sulfide) groups is 1. The number of carbonyl (C=O) groups is 1. The van der Waals surface area contributed by atoms with Crippen LogP contribution in [0.5, 0.6) is 0 Å². The van der Waals surface area contributed by atoms with Crippen molar-refractivity contribution in [1.82, 2.24) is 19.5 Å². The van der Waals surface area contributed by atoms with Crippen LogP contribution in [0, 0.1) is 20.8 Å². The summed E-state index contributed by atoms with van der Waals surface area (Å²) in [6.07, 6.45) is 0. The summed E-state index contributed by atoms with van der Waals surface area (Å²) in [5.74, 6) is -0.368. The molecule has 0 aliphatic carbocycles. The van der Waals surface area contributed by atoms with Crippen LogP contribution in [0.4, 0.5) is 11.5 Å². The Bertz CT molecular complexity index is 1230. The van der Waals surface area contributed by atoms with Crippen molar-refractivity contribution in [3.8, 4) is 0 Å². The summed E-state index contributed by atoms with van der Waals surface area (Å²) < 4.78 is 1.25. The Morgan fingerprint density at radius 3 is 2.34 bits per heavy atom. The van der Waals surface area contributed by atoms with Gasteiger partial charge in [0.15, 0.2) is 10.8 Å². The number of nitrogens with one attached hydrogen (secondary N) is 1. The molecular weight excluding hydrogens is 428 g/mol. The summed E-state index contributed by atoms with van der Waals surface area (Å²) >= 11 is 1.19. The Labute approximate surface area is 189 Å². The average Bonchev–Trinajstić information content (AvgIpc) is 2.76. The lowest BCUT2D eigenvalue weighted by atomic mass is 10.2.